The van der Waals surface area contributed by atoms with E-state index in [2.05, 4.69) is 31.8 Å². The molecule has 40 heavy (non-hydrogen) atoms. The van der Waals surface area contributed by atoms with Crippen molar-refractivity contribution < 1.29 is 9.53 Å². The molecule has 5 aromatic rings. The zero-order valence-corrected chi connectivity index (χ0v) is 22.9. The van der Waals surface area contributed by atoms with E-state index in [0.717, 1.165) is 11.0 Å². The van der Waals surface area contributed by atoms with E-state index in [1.807, 2.05) is 34.7 Å². The van der Waals surface area contributed by atoms with Gasteiger partial charge in [0.05, 0.1) is 33.6 Å². The van der Waals surface area contributed by atoms with Gasteiger partial charge in [-0.1, -0.05) is 29.8 Å². The van der Waals surface area contributed by atoms with Crippen LogP contribution in [-0.2, 0) is 11.8 Å². The number of piperazine rings is 1. The number of carbonyl (C=O) groups excluding carboxylic acids is 1. The third kappa shape index (κ3) is 4.96. The molecule has 13 heteroatoms. The molecule has 0 unspecified atom stereocenters. The molecule has 1 aliphatic heterocycles. The summed E-state index contributed by atoms with van der Waals surface area (Å²) in [6, 6.07) is 8.99. The number of fused-ring (bicyclic) bond motifs is 2. The van der Waals surface area contributed by atoms with Crippen LogP contribution in [0.2, 0.25) is 10.0 Å². The number of nitrogens with zero attached hydrogens (tertiary/aromatic N) is 8. The third-order valence-electron chi connectivity index (χ3n) is 6.59. The first-order chi connectivity index (χ1) is 19.4. The molecule has 0 bridgehead atoms. The Bertz CT molecular complexity index is 1740. The molecular weight excluding hydrogens is 553 g/mol. The van der Waals surface area contributed by atoms with Crippen molar-refractivity contribution in [2.24, 2.45) is 7.05 Å². The van der Waals surface area contributed by atoms with E-state index in [1.165, 1.54) is 12.4 Å². The predicted octanol–water partition coefficient (Wildman–Crippen LogP) is 4.98. The van der Waals surface area contributed by atoms with Crippen molar-refractivity contribution >= 4 is 68.6 Å². The molecular formula is C27H23Cl2N9O2. The zero-order valence-electron chi connectivity index (χ0n) is 21.4. The number of aromatic nitrogens is 6. The first-order valence-electron chi connectivity index (χ1n) is 12.4. The highest BCUT2D eigenvalue weighted by molar-refractivity contribution is 6.37. The number of halogens is 2. The highest BCUT2D eigenvalue weighted by Crippen LogP contribution is 2.40. The van der Waals surface area contributed by atoms with E-state index >= 15 is 0 Å². The summed E-state index contributed by atoms with van der Waals surface area (Å²) in [7, 11) is 1.93. The molecule has 0 saturated carbocycles. The Morgan fingerprint density at radius 2 is 1.80 bits per heavy atom. The molecule has 1 N–H and O–H groups in total. The van der Waals surface area contributed by atoms with Gasteiger partial charge in [0.15, 0.2) is 11.6 Å². The minimum absolute atomic E-state index is 0.0815. The fourth-order valence-electron chi connectivity index (χ4n) is 4.51. The van der Waals surface area contributed by atoms with E-state index in [0.29, 0.717) is 76.2 Å². The highest BCUT2D eigenvalue weighted by Gasteiger charge is 2.22. The Hall–Kier alpha value is -4.48. The number of benzene rings is 2. The molecule has 4 heterocycles. The normalized spacial score (nSPS) is 13.6. The Labute approximate surface area is 239 Å². The first-order valence-corrected chi connectivity index (χ1v) is 13.1. The van der Waals surface area contributed by atoms with E-state index in [9.17, 15) is 4.79 Å². The van der Waals surface area contributed by atoms with E-state index < -0.39 is 0 Å². The molecule has 0 radical (unpaired) electrons. The number of rotatable bonds is 6. The number of hydrogen-bond donors (Lipinski definition) is 1. The summed E-state index contributed by atoms with van der Waals surface area (Å²) in [6.45, 7) is 5.88. The number of amides is 1. The van der Waals surface area contributed by atoms with Crippen molar-refractivity contribution in [3.63, 3.8) is 0 Å². The van der Waals surface area contributed by atoms with Crippen LogP contribution in [0.5, 0.6) is 11.5 Å². The van der Waals surface area contributed by atoms with Crippen molar-refractivity contribution in [2.75, 3.05) is 36.4 Å². The second kappa shape index (κ2) is 10.6. The monoisotopic (exact) mass is 575 g/mol. The van der Waals surface area contributed by atoms with E-state index in [4.69, 9.17) is 32.9 Å². The minimum atomic E-state index is -0.0815. The molecule has 1 saturated heterocycles. The fraction of sp³-hybridized carbons (Fsp3) is 0.185. The number of carbonyl (C=O) groups is 1. The number of ether oxygens (including phenoxy) is 1. The SMILES string of the molecule is C=CC(=O)N1CCN(c2ncc3ncnc(Nc4cc(Cl)c(Oc5ccc6c(c5)ncn6C)c(Cl)c4)c3n2)CC1. The zero-order chi connectivity index (χ0) is 27.8. The fourth-order valence-corrected chi connectivity index (χ4v) is 5.07. The number of anilines is 3. The second-order valence-corrected chi connectivity index (χ2v) is 9.96. The smallest absolute Gasteiger partial charge is 0.246 e. The van der Waals surface area contributed by atoms with Gasteiger partial charge in [-0.05, 0) is 30.3 Å². The Kier molecular flexibility index (Phi) is 6.82. The minimum Gasteiger partial charge on any atom is -0.454 e. The van der Waals surface area contributed by atoms with Crippen LogP contribution in [0.15, 0.2) is 61.8 Å². The lowest BCUT2D eigenvalue weighted by Crippen LogP contribution is -2.48. The molecule has 1 aliphatic rings. The van der Waals surface area contributed by atoms with E-state index in [-0.39, 0.29) is 5.91 Å². The van der Waals surface area contributed by atoms with Crippen LogP contribution in [0.4, 0.5) is 17.5 Å². The Morgan fingerprint density at radius 1 is 1.02 bits per heavy atom. The average molecular weight is 576 g/mol. The molecule has 11 nitrogen and oxygen atoms in total. The Balaban J connectivity index is 1.23. The van der Waals surface area contributed by atoms with Crippen LogP contribution in [0.25, 0.3) is 22.1 Å². The van der Waals surface area contributed by atoms with Crippen molar-refractivity contribution in [1.82, 2.24) is 34.4 Å². The maximum absolute atomic E-state index is 11.9. The molecule has 3 aromatic heterocycles. The molecule has 1 amide bonds. The quantitative estimate of drug-likeness (QED) is 0.280. The molecule has 0 aliphatic carbocycles. The van der Waals surface area contributed by atoms with Crippen LogP contribution in [0, 0.1) is 0 Å². The van der Waals surface area contributed by atoms with Crippen LogP contribution < -0.4 is 15.0 Å². The van der Waals surface area contributed by atoms with Crippen LogP contribution >= 0.6 is 23.2 Å². The lowest BCUT2D eigenvalue weighted by Gasteiger charge is -2.34. The van der Waals surface area contributed by atoms with Gasteiger partial charge in [-0.25, -0.2) is 24.9 Å². The predicted molar refractivity (Wildman–Crippen MR) is 155 cm³/mol. The van der Waals surface area contributed by atoms with Crippen LogP contribution in [0.3, 0.4) is 0 Å². The summed E-state index contributed by atoms with van der Waals surface area (Å²) < 4.78 is 7.95. The molecule has 0 spiro atoms. The summed E-state index contributed by atoms with van der Waals surface area (Å²) in [5.41, 5.74) is 3.49. The van der Waals surface area contributed by atoms with Crippen molar-refractivity contribution in [3.8, 4) is 11.5 Å². The molecule has 1 fully saturated rings. The van der Waals surface area contributed by atoms with Gasteiger partial charge in [-0.3, -0.25) is 4.79 Å². The lowest BCUT2D eigenvalue weighted by atomic mass is 10.2. The lowest BCUT2D eigenvalue weighted by molar-refractivity contribution is -0.126. The molecule has 6 rings (SSSR count). The first kappa shape index (κ1) is 25.8. The summed E-state index contributed by atoms with van der Waals surface area (Å²) in [6.07, 6.45) is 6.16. The van der Waals surface area contributed by atoms with Crippen LogP contribution in [0.1, 0.15) is 0 Å². The summed E-state index contributed by atoms with van der Waals surface area (Å²) in [5, 5.41) is 3.88. The largest absolute Gasteiger partial charge is 0.454 e. The van der Waals surface area contributed by atoms with Gasteiger partial charge in [-0.2, -0.15) is 0 Å². The van der Waals surface area contributed by atoms with Gasteiger partial charge in [0.1, 0.15) is 23.1 Å². The number of hydrogen-bond acceptors (Lipinski definition) is 9. The standard InChI is InChI=1S/C27H23Cl2N9O2/c1-3-23(39)37-6-8-38(9-7-37)27-30-13-21-24(35-27)26(32-14-31-21)34-16-10-18(28)25(19(29)11-16)40-17-4-5-22-20(12-17)33-15-36(22)2/h3-5,10-15H,1,6-9H2,2H3,(H,31,32,34). The van der Waals surface area contributed by atoms with Gasteiger partial charge in [0.25, 0.3) is 0 Å². The second-order valence-electron chi connectivity index (χ2n) is 9.14. The molecule has 2 aromatic carbocycles. The van der Waals surface area contributed by atoms with Crippen molar-refractivity contribution in [3.05, 3.63) is 71.9 Å². The number of aryl methyl sites for hydroxylation is 1. The Morgan fingerprint density at radius 3 is 2.55 bits per heavy atom. The maximum atomic E-state index is 11.9. The number of imidazole rings is 1. The van der Waals surface area contributed by atoms with Gasteiger partial charge in [-0.15, -0.1) is 0 Å². The number of nitrogens with one attached hydrogen (secondary N) is 1. The topological polar surface area (TPSA) is 114 Å². The van der Waals surface area contributed by atoms with Gasteiger partial charge in [0.2, 0.25) is 11.9 Å². The van der Waals surface area contributed by atoms with Gasteiger partial charge in [0, 0.05) is 45.0 Å². The summed E-state index contributed by atoms with van der Waals surface area (Å²) in [5.74, 6) is 1.81. The third-order valence-corrected chi connectivity index (χ3v) is 7.15. The molecule has 202 valence electrons. The maximum Gasteiger partial charge on any atom is 0.246 e. The van der Waals surface area contributed by atoms with Crippen molar-refractivity contribution in [1.29, 1.82) is 0 Å². The summed E-state index contributed by atoms with van der Waals surface area (Å²) in [4.78, 5) is 38.0. The highest BCUT2D eigenvalue weighted by atomic mass is 35.5. The van der Waals surface area contributed by atoms with E-state index in [1.54, 1.807) is 29.6 Å². The molecule has 0 atom stereocenters. The van der Waals surface area contributed by atoms with Gasteiger partial charge < -0.3 is 24.4 Å². The van der Waals surface area contributed by atoms with Gasteiger partial charge >= 0.3 is 0 Å². The average Bonchev–Trinajstić information content (AvgIpc) is 3.34. The van der Waals surface area contributed by atoms with Crippen molar-refractivity contribution in [2.45, 2.75) is 0 Å². The summed E-state index contributed by atoms with van der Waals surface area (Å²) >= 11 is 13.2. The van der Waals surface area contributed by atoms with Crippen LogP contribution in [-0.4, -0.2) is 66.5 Å².